The zero-order chi connectivity index (χ0) is 24.8. The second kappa shape index (κ2) is 8.43. The van der Waals surface area contributed by atoms with Crippen LogP contribution in [0, 0.1) is 0 Å². The number of carbonyl (C=O) groups excluding carboxylic acids is 2. The van der Waals surface area contributed by atoms with Crippen LogP contribution in [0.5, 0.6) is 0 Å². The van der Waals surface area contributed by atoms with Crippen molar-refractivity contribution in [3.8, 4) is 0 Å². The average molecular weight is 471 g/mol. The maximum absolute atomic E-state index is 13.3. The molecule has 0 bridgehead atoms. The number of nitrogens with zero attached hydrogens (tertiary/aromatic N) is 5. The number of aromatic nitrogens is 4. The number of anilines is 3. The first-order chi connectivity index (χ1) is 15.9. The topological polar surface area (TPSA) is 137 Å². The van der Waals surface area contributed by atoms with E-state index in [4.69, 9.17) is 10.5 Å². The van der Waals surface area contributed by atoms with E-state index in [1.807, 2.05) is 0 Å². The van der Waals surface area contributed by atoms with Crippen LogP contribution in [-0.4, -0.2) is 50.0 Å². The van der Waals surface area contributed by atoms with E-state index in [1.165, 1.54) is 33.3 Å². The number of pyridine rings is 1. The van der Waals surface area contributed by atoms with E-state index >= 15 is 0 Å². The first-order valence-corrected chi connectivity index (χ1v) is 10.7. The molecule has 3 N–H and O–H groups in total. The van der Waals surface area contributed by atoms with Crippen molar-refractivity contribution in [1.82, 2.24) is 19.2 Å². The zero-order valence-corrected chi connectivity index (χ0v) is 19.3. The van der Waals surface area contributed by atoms with Crippen molar-refractivity contribution in [2.75, 3.05) is 17.3 Å². The molecule has 1 fully saturated rings. The van der Waals surface area contributed by atoms with Crippen LogP contribution >= 0.6 is 0 Å². The first kappa shape index (κ1) is 23.2. The summed E-state index contributed by atoms with van der Waals surface area (Å²) in [5, 5.41) is 7.09. The monoisotopic (exact) mass is 471 g/mol. The third-order valence-electron chi connectivity index (χ3n) is 5.42. The quantitative estimate of drug-likeness (QED) is 0.584. The minimum absolute atomic E-state index is 0.0383. The molecule has 1 saturated carbocycles. The summed E-state index contributed by atoms with van der Waals surface area (Å²) >= 11 is 0. The SMILES string of the molecule is CN(C(=O)OC(C)(C)C)c1cc(Nc2cccn(C3CC(F)C3)c2=O)nc2c(C(N)=O)cnn12. The van der Waals surface area contributed by atoms with Crippen LogP contribution in [0.15, 0.2) is 35.4 Å². The Morgan fingerprint density at radius 1 is 1.32 bits per heavy atom. The van der Waals surface area contributed by atoms with Crippen LogP contribution in [0.1, 0.15) is 50.0 Å². The molecule has 180 valence electrons. The number of amides is 2. The van der Waals surface area contributed by atoms with Crippen molar-refractivity contribution in [2.24, 2.45) is 5.73 Å². The van der Waals surface area contributed by atoms with E-state index in [0.29, 0.717) is 0 Å². The van der Waals surface area contributed by atoms with Crippen LogP contribution in [0.2, 0.25) is 0 Å². The first-order valence-electron chi connectivity index (χ1n) is 10.7. The van der Waals surface area contributed by atoms with Crippen LogP contribution in [0.25, 0.3) is 5.65 Å². The number of alkyl halides is 1. The summed E-state index contributed by atoms with van der Waals surface area (Å²) in [5.74, 6) is -0.351. The fraction of sp³-hybridized carbons (Fsp3) is 0.409. The summed E-state index contributed by atoms with van der Waals surface area (Å²) in [7, 11) is 1.48. The lowest BCUT2D eigenvalue weighted by Crippen LogP contribution is -2.35. The predicted molar refractivity (Wildman–Crippen MR) is 123 cm³/mol. The van der Waals surface area contributed by atoms with Crippen LogP contribution in [0.3, 0.4) is 0 Å². The molecule has 2 amide bonds. The molecule has 0 spiro atoms. The standard InChI is InChI=1S/C22H26FN7O4/c1-22(2,3)34-21(33)28(4)17-10-16(27-19-14(18(24)31)11-25-30(17)19)26-15-6-5-7-29(20(15)32)13-8-12(23)9-13/h5-7,10-13H,8-9H2,1-4H3,(H2,24,31)(H,26,27). The van der Waals surface area contributed by atoms with E-state index in [0.717, 1.165) is 0 Å². The van der Waals surface area contributed by atoms with Crippen LogP contribution < -0.4 is 21.5 Å². The highest BCUT2D eigenvalue weighted by molar-refractivity contribution is 5.99. The Morgan fingerprint density at radius 2 is 2.03 bits per heavy atom. The Kier molecular flexibility index (Phi) is 5.75. The van der Waals surface area contributed by atoms with Gasteiger partial charge in [-0.2, -0.15) is 9.61 Å². The van der Waals surface area contributed by atoms with Gasteiger partial charge in [-0.1, -0.05) is 0 Å². The number of nitrogens with two attached hydrogens (primary N) is 1. The van der Waals surface area contributed by atoms with Crippen LogP contribution in [0.4, 0.5) is 26.5 Å². The van der Waals surface area contributed by atoms with Gasteiger partial charge in [-0.05, 0) is 45.7 Å². The Morgan fingerprint density at radius 3 is 2.65 bits per heavy atom. The van der Waals surface area contributed by atoms with Crippen molar-refractivity contribution in [3.63, 3.8) is 0 Å². The molecule has 34 heavy (non-hydrogen) atoms. The van der Waals surface area contributed by atoms with Gasteiger partial charge in [0.2, 0.25) is 0 Å². The van der Waals surface area contributed by atoms with Crippen molar-refractivity contribution in [1.29, 1.82) is 0 Å². The number of hydrogen-bond acceptors (Lipinski definition) is 7. The Bertz CT molecular complexity index is 1320. The number of carbonyl (C=O) groups is 2. The highest BCUT2D eigenvalue weighted by Crippen LogP contribution is 2.33. The fourth-order valence-electron chi connectivity index (χ4n) is 3.63. The van der Waals surface area contributed by atoms with Gasteiger partial charge in [-0.15, -0.1) is 0 Å². The van der Waals surface area contributed by atoms with Crippen molar-refractivity contribution in [2.45, 2.75) is 51.4 Å². The summed E-state index contributed by atoms with van der Waals surface area (Å²) in [6, 6.07) is 4.53. The molecule has 0 saturated heterocycles. The lowest BCUT2D eigenvalue weighted by molar-refractivity contribution is 0.0587. The molecule has 12 heteroatoms. The molecule has 0 radical (unpaired) electrons. The lowest BCUT2D eigenvalue weighted by atomic mass is 9.90. The van der Waals surface area contributed by atoms with E-state index in [-0.39, 0.29) is 53.0 Å². The largest absolute Gasteiger partial charge is 0.443 e. The van der Waals surface area contributed by atoms with Gasteiger partial charge < -0.3 is 20.4 Å². The van der Waals surface area contributed by atoms with Gasteiger partial charge >= 0.3 is 6.09 Å². The van der Waals surface area contributed by atoms with Gasteiger partial charge in [-0.3, -0.25) is 14.5 Å². The Balaban J connectivity index is 1.76. The van der Waals surface area contributed by atoms with E-state index < -0.39 is 23.8 Å². The number of halogens is 1. The zero-order valence-electron chi connectivity index (χ0n) is 19.3. The van der Waals surface area contributed by atoms with E-state index in [1.54, 1.807) is 39.1 Å². The van der Waals surface area contributed by atoms with Gasteiger partial charge in [0.1, 0.15) is 34.7 Å². The average Bonchev–Trinajstić information content (AvgIpc) is 3.15. The molecule has 3 aromatic rings. The highest BCUT2D eigenvalue weighted by atomic mass is 19.1. The third kappa shape index (κ3) is 4.43. The molecule has 4 rings (SSSR count). The van der Waals surface area contributed by atoms with Gasteiger partial charge in [0.05, 0.1) is 6.20 Å². The molecule has 1 aliphatic rings. The number of ether oxygens (including phenoxy) is 1. The number of fused-ring (bicyclic) bond motifs is 1. The van der Waals surface area contributed by atoms with Crippen molar-refractivity contribution in [3.05, 3.63) is 46.5 Å². The maximum atomic E-state index is 13.3. The molecule has 0 atom stereocenters. The number of rotatable bonds is 5. The number of hydrogen-bond donors (Lipinski definition) is 2. The van der Waals surface area contributed by atoms with E-state index in [2.05, 4.69) is 15.4 Å². The lowest BCUT2D eigenvalue weighted by Gasteiger charge is -2.31. The molecular weight excluding hydrogens is 445 g/mol. The van der Waals surface area contributed by atoms with Gasteiger partial charge in [0.15, 0.2) is 5.65 Å². The molecule has 11 nitrogen and oxygen atoms in total. The smallest absolute Gasteiger partial charge is 0.415 e. The maximum Gasteiger partial charge on any atom is 0.415 e. The summed E-state index contributed by atoms with van der Waals surface area (Å²) in [6.07, 6.45) is 1.88. The van der Waals surface area contributed by atoms with E-state index in [9.17, 15) is 18.8 Å². The molecular formula is C22H26FN7O4. The summed E-state index contributed by atoms with van der Waals surface area (Å²) in [6.45, 7) is 5.21. The Hall–Kier alpha value is -3.96. The molecule has 0 unspecified atom stereocenters. The van der Waals surface area contributed by atoms with Crippen LogP contribution in [-0.2, 0) is 4.74 Å². The van der Waals surface area contributed by atoms with Gasteiger partial charge in [0, 0.05) is 25.4 Å². The molecule has 0 aromatic carbocycles. The summed E-state index contributed by atoms with van der Waals surface area (Å²) in [5.41, 5.74) is 4.72. The normalized spacial score (nSPS) is 17.8. The molecule has 3 aromatic heterocycles. The van der Waals surface area contributed by atoms with Gasteiger partial charge in [0.25, 0.3) is 11.5 Å². The molecule has 3 heterocycles. The van der Waals surface area contributed by atoms with Gasteiger partial charge in [-0.25, -0.2) is 14.2 Å². The third-order valence-corrected chi connectivity index (χ3v) is 5.42. The molecule has 0 aliphatic heterocycles. The highest BCUT2D eigenvalue weighted by Gasteiger charge is 2.31. The van der Waals surface area contributed by atoms with Crippen molar-refractivity contribution >= 4 is 35.0 Å². The summed E-state index contributed by atoms with van der Waals surface area (Å²) in [4.78, 5) is 43.2. The second-order valence-electron chi connectivity index (χ2n) is 9.18. The number of nitrogens with one attached hydrogen (secondary N) is 1. The minimum atomic E-state index is -0.905. The summed E-state index contributed by atoms with van der Waals surface area (Å²) < 4.78 is 21.5. The molecule has 1 aliphatic carbocycles. The fourth-order valence-corrected chi connectivity index (χ4v) is 3.63. The number of primary amides is 1. The minimum Gasteiger partial charge on any atom is -0.443 e. The second-order valence-corrected chi connectivity index (χ2v) is 9.18. The Labute approximate surface area is 194 Å². The predicted octanol–water partition coefficient (Wildman–Crippen LogP) is 2.78. The van der Waals surface area contributed by atoms with Crippen molar-refractivity contribution < 1.29 is 18.7 Å².